The molecule has 3 rings (SSSR count). The van der Waals surface area contributed by atoms with Crippen LogP contribution in [0.15, 0.2) is 29.4 Å². The molecule has 1 heterocycles. The third-order valence-electron chi connectivity index (χ3n) is 3.42. The van der Waals surface area contributed by atoms with E-state index in [1.165, 1.54) is 28.6 Å². The van der Waals surface area contributed by atoms with Crippen molar-refractivity contribution in [3.63, 3.8) is 0 Å². The maximum absolute atomic E-state index is 13.5. The third kappa shape index (κ3) is 3.06. The number of hydrogen-bond donors (Lipinski definition) is 2. The second-order valence-electron chi connectivity index (χ2n) is 5.21. The number of anilines is 1. The number of nitrogens with two attached hydrogens (primary N) is 1. The number of para-hydroxylation sites is 1. The molecular weight excluding hydrogens is 305 g/mol. The Labute approximate surface area is 131 Å². The fraction of sp³-hybridized carbons (Fsp3) is 0.357. The monoisotopic (exact) mass is 321 g/mol. The smallest absolute Gasteiger partial charge is 0.237 e. The average molecular weight is 321 g/mol. The van der Waals surface area contributed by atoms with Crippen molar-refractivity contribution in [2.45, 2.75) is 36.1 Å². The molecule has 0 bridgehead atoms. The standard InChI is InChI=1S/C14H16FN5OS/c1-8(13(21)17-11-5-3-2-4-10(11)15)22-14-19-18-12(20(14)16)9-6-7-9/h2-5,8-9H,6-7,16H2,1H3,(H,17,21)/t8-/m0/s1. The Morgan fingerprint density at radius 3 is 2.86 bits per heavy atom. The van der Waals surface area contributed by atoms with Gasteiger partial charge in [-0.2, -0.15) is 0 Å². The first-order chi connectivity index (χ1) is 10.6. The van der Waals surface area contributed by atoms with Crippen molar-refractivity contribution in [2.24, 2.45) is 0 Å². The second-order valence-corrected chi connectivity index (χ2v) is 6.52. The van der Waals surface area contributed by atoms with Crippen LogP contribution in [-0.2, 0) is 4.79 Å². The zero-order valence-corrected chi connectivity index (χ0v) is 12.8. The van der Waals surface area contributed by atoms with Crippen LogP contribution in [0.5, 0.6) is 0 Å². The lowest BCUT2D eigenvalue weighted by atomic mass is 10.3. The van der Waals surface area contributed by atoms with Crippen LogP contribution in [0.1, 0.15) is 31.5 Å². The predicted molar refractivity (Wildman–Crippen MR) is 82.5 cm³/mol. The molecular formula is C14H16FN5OS. The number of nitrogen functional groups attached to an aromatic ring is 1. The molecule has 0 radical (unpaired) electrons. The molecule has 22 heavy (non-hydrogen) atoms. The highest BCUT2D eigenvalue weighted by Gasteiger charge is 2.30. The number of halogens is 1. The van der Waals surface area contributed by atoms with E-state index in [9.17, 15) is 9.18 Å². The second kappa shape index (κ2) is 5.96. The van der Waals surface area contributed by atoms with Gasteiger partial charge in [-0.05, 0) is 31.9 Å². The molecule has 0 spiro atoms. The van der Waals surface area contributed by atoms with E-state index in [1.807, 2.05) is 0 Å². The molecule has 1 atom stereocenters. The Bertz CT molecular complexity index is 700. The van der Waals surface area contributed by atoms with Crippen LogP contribution in [-0.4, -0.2) is 26.0 Å². The topological polar surface area (TPSA) is 85.8 Å². The van der Waals surface area contributed by atoms with Crippen LogP contribution in [0, 0.1) is 5.82 Å². The minimum Gasteiger partial charge on any atom is -0.336 e. The van der Waals surface area contributed by atoms with Crippen LogP contribution < -0.4 is 11.2 Å². The van der Waals surface area contributed by atoms with Crippen molar-refractivity contribution in [3.05, 3.63) is 35.9 Å². The molecule has 3 N–H and O–H groups in total. The maximum atomic E-state index is 13.5. The number of rotatable bonds is 5. The number of aromatic nitrogens is 3. The molecule has 1 fully saturated rings. The molecule has 116 valence electrons. The molecule has 1 aromatic carbocycles. The van der Waals surface area contributed by atoms with Crippen molar-refractivity contribution < 1.29 is 9.18 Å². The van der Waals surface area contributed by atoms with Gasteiger partial charge in [0.15, 0.2) is 5.82 Å². The largest absolute Gasteiger partial charge is 0.336 e. The number of nitrogens with zero attached hydrogens (tertiary/aromatic N) is 3. The van der Waals surface area contributed by atoms with E-state index in [0.29, 0.717) is 11.1 Å². The Hall–Kier alpha value is -2.09. The summed E-state index contributed by atoms with van der Waals surface area (Å²) < 4.78 is 15.0. The van der Waals surface area contributed by atoms with E-state index < -0.39 is 11.1 Å². The van der Waals surface area contributed by atoms with Crippen molar-refractivity contribution in [1.29, 1.82) is 0 Å². The predicted octanol–water partition coefficient (Wildman–Crippen LogP) is 2.13. The molecule has 6 nitrogen and oxygen atoms in total. The number of thioether (sulfide) groups is 1. The summed E-state index contributed by atoms with van der Waals surface area (Å²) in [6, 6.07) is 6.04. The maximum Gasteiger partial charge on any atom is 0.237 e. The summed E-state index contributed by atoms with van der Waals surface area (Å²) in [5.41, 5.74) is 0.160. The number of benzene rings is 1. The van der Waals surface area contributed by atoms with E-state index in [2.05, 4.69) is 15.5 Å². The van der Waals surface area contributed by atoms with Crippen molar-refractivity contribution >= 4 is 23.4 Å². The van der Waals surface area contributed by atoms with Crippen molar-refractivity contribution in [2.75, 3.05) is 11.2 Å². The summed E-state index contributed by atoms with van der Waals surface area (Å²) in [7, 11) is 0. The van der Waals surface area contributed by atoms with E-state index in [0.717, 1.165) is 18.7 Å². The summed E-state index contributed by atoms with van der Waals surface area (Å²) in [5.74, 6) is 6.31. The van der Waals surface area contributed by atoms with Crippen molar-refractivity contribution in [1.82, 2.24) is 14.9 Å². The van der Waals surface area contributed by atoms with Gasteiger partial charge < -0.3 is 11.2 Å². The van der Waals surface area contributed by atoms with Gasteiger partial charge in [-0.25, -0.2) is 9.07 Å². The summed E-state index contributed by atoms with van der Waals surface area (Å²) in [6.45, 7) is 1.71. The minimum absolute atomic E-state index is 0.160. The van der Waals surface area contributed by atoms with Gasteiger partial charge in [-0.3, -0.25) is 4.79 Å². The summed E-state index contributed by atoms with van der Waals surface area (Å²) in [5, 5.41) is 10.7. The van der Waals surface area contributed by atoms with Crippen LogP contribution in [0.25, 0.3) is 0 Å². The highest BCUT2D eigenvalue weighted by molar-refractivity contribution is 8.00. The van der Waals surface area contributed by atoms with Gasteiger partial charge in [0.2, 0.25) is 11.1 Å². The third-order valence-corrected chi connectivity index (χ3v) is 4.47. The SMILES string of the molecule is C[C@H](Sc1nnc(C2CC2)n1N)C(=O)Nc1ccccc1F. The molecule has 1 aliphatic carbocycles. The van der Waals surface area contributed by atoms with Gasteiger partial charge in [0.1, 0.15) is 5.82 Å². The van der Waals surface area contributed by atoms with Crippen LogP contribution in [0.4, 0.5) is 10.1 Å². The quantitative estimate of drug-likeness (QED) is 0.651. The van der Waals surface area contributed by atoms with E-state index in [1.54, 1.807) is 19.1 Å². The van der Waals surface area contributed by atoms with Gasteiger partial charge in [-0.15, -0.1) is 10.2 Å². The summed E-state index contributed by atoms with van der Waals surface area (Å²) >= 11 is 1.20. The molecule has 1 saturated carbocycles. The van der Waals surface area contributed by atoms with Gasteiger partial charge in [-0.1, -0.05) is 23.9 Å². The molecule has 0 unspecified atom stereocenters. The van der Waals surface area contributed by atoms with Gasteiger partial charge >= 0.3 is 0 Å². The first-order valence-electron chi connectivity index (χ1n) is 6.98. The Kier molecular flexibility index (Phi) is 4.02. The zero-order valence-electron chi connectivity index (χ0n) is 12.0. The first-order valence-corrected chi connectivity index (χ1v) is 7.86. The number of carbonyl (C=O) groups excluding carboxylic acids is 1. The lowest BCUT2D eigenvalue weighted by Gasteiger charge is -2.12. The van der Waals surface area contributed by atoms with E-state index in [-0.39, 0.29) is 11.6 Å². The molecule has 1 aliphatic rings. The summed E-state index contributed by atoms with van der Waals surface area (Å²) in [6.07, 6.45) is 2.15. The van der Waals surface area contributed by atoms with Crippen molar-refractivity contribution in [3.8, 4) is 0 Å². The summed E-state index contributed by atoms with van der Waals surface area (Å²) in [4.78, 5) is 12.1. The fourth-order valence-electron chi connectivity index (χ4n) is 2.00. The molecule has 1 amide bonds. The van der Waals surface area contributed by atoms with Crippen LogP contribution in [0.3, 0.4) is 0 Å². The number of amides is 1. The Morgan fingerprint density at radius 1 is 1.45 bits per heavy atom. The molecule has 1 aromatic heterocycles. The fourth-order valence-corrected chi connectivity index (χ4v) is 2.77. The minimum atomic E-state index is -0.474. The molecule has 0 saturated heterocycles. The van der Waals surface area contributed by atoms with Gasteiger partial charge in [0.25, 0.3) is 0 Å². The van der Waals surface area contributed by atoms with E-state index in [4.69, 9.17) is 5.84 Å². The Morgan fingerprint density at radius 2 is 2.18 bits per heavy atom. The Balaban J connectivity index is 1.65. The highest BCUT2D eigenvalue weighted by Crippen LogP contribution is 2.39. The molecule has 8 heteroatoms. The average Bonchev–Trinajstić information content (AvgIpc) is 3.27. The molecule has 2 aromatic rings. The highest BCUT2D eigenvalue weighted by atomic mass is 32.2. The zero-order chi connectivity index (χ0) is 15.7. The molecule has 0 aliphatic heterocycles. The lowest BCUT2D eigenvalue weighted by molar-refractivity contribution is -0.115. The van der Waals surface area contributed by atoms with Gasteiger partial charge in [0, 0.05) is 5.92 Å². The van der Waals surface area contributed by atoms with Crippen LogP contribution >= 0.6 is 11.8 Å². The normalized spacial score (nSPS) is 15.5. The van der Waals surface area contributed by atoms with Crippen LogP contribution in [0.2, 0.25) is 0 Å². The number of hydrogen-bond acceptors (Lipinski definition) is 5. The van der Waals surface area contributed by atoms with E-state index >= 15 is 0 Å². The number of nitrogens with one attached hydrogen (secondary N) is 1. The first kappa shape index (κ1) is 14.8. The number of carbonyl (C=O) groups is 1. The lowest BCUT2D eigenvalue weighted by Crippen LogP contribution is -2.24. The van der Waals surface area contributed by atoms with Gasteiger partial charge in [0.05, 0.1) is 10.9 Å².